The lowest BCUT2D eigenvalue weighted by atomic mass is 9.95. The molecule has 2 aromatic carbocycles. The third-order valence-corrected chi connectivity index (χ3v) is 6.26. The molecule has 2 amide bonds. The molecule has 0 saturated heterocycles. The largest absolute Gasteiger partial charge is 0.417 e. The predicted molar refractivity (Wildman–Crippen MR) is 131 cm³/mol. The normalized spacial score (nSPS) is 13.8. The number of nitriles is 1. The molecule has 2 unspecified atom stereocenters. The Morgan fingerprint density at radius 3 is 2.13 bits per heavy atom. The van der Waals surface area contributed by atoms with Crippen LogP contribution in [0.25, 0.3) is 5.83 Å². The Morgan fingerprint density at radius 2 is 1.62 bits per heavy atom. The van der Waals surface area contributed by atoms with E-state index in [-0.39, 0.29) is 40.1 Å². The number of hydrogen-bond acceptors (Lipinski definition) is 3. The second-order valence-electron chi connectivity index (χ2n) is 8.01. The van der Waals surface area contributed by atoms with Gasteiger partial charge in [0, 0.05) is 18.4 Å². The monoisotopic (exact) mass is 617 g/mol. The summed E-state index contributed by atoms with van der Waals surface area (Å²) < 4.78 is 97.5. The summed E-state index contributed by atoms with van der Waals surface area (Å²) in [4.78, 5) is 24.1. The van der Waals surface area contributed by atoms with Crippen molar-refractivity contribution in [2.24, 2.45) is 0 Å². The first-order valence-corrected chi connectivity index (χ1v) is 11.9. The van der Waals surface area contributed by atoms with Crippen molar-refractivity contribution < 1.29 is 40.3 Å². The van der Waals surface area contributed by atoms with E-state index in [1.807, 2.05) is 0 Å². The molecule has 15 heteroatoms. The second-order valence-corrected chi connectivity index (χ2v) is 9.20. The molecule has 0 fully saturated rings. The molecular formula is C24H17Cl3F7N3O2. The summed E-state index contributed by atoms with van der Waals surface area (Å²) in [6.45, 7) is 1.25. The zero-order valence-corrected chi connectivity index (χ0v) is 21.8. The number of amides is 2. The van der Waals surface area contributed by atoms with Gasteiger partial charge in [0.1, 0.15) is 11.7 Å². The summed E-state index contributed by atoms with van der Waals surface area (Å²) in [6.07, 6.45) is -11.7. The van der Waals surface area contributed by atoms with Crippen molar-refractivity contribution in [3.63, 3.8) is 0 Å². The van der Waals surface area contributed by atoms with Crippen LogP contribution in [0.15, 0.2) is 36.4 Å². The van der Waals surface area contributed by atoms with E-state index in [0.29, 0.717) is 12.1 Å². The van der Waals surface area contributed by atoms with Gasteiger partial charge in [0.2, 0.25) is 5.91 Å². The second kappa shape index (κ2) is 12.9. The van der Waals surface area contributed by atoms with Crippen molar-refractivity contribution in [2.45, 2.75) is 44.2 Å². The van der Waals surface area contributed by atoms with Crippen LogP contribution in [0.4, 0.5) is 30.7 Å². The summed E-state index contributed by atoms with van der Waals surface area (Å²) in [5.74, 6) is -6.28. The van der Waals surface area contributed by atoms with Crippen LogP contribution in [0, 0.1) is 11.3 Å². The van der Waals surface area contributed by atoms with Crippen LogP contribution in [0.2, 0.25) is 15.1 Å². The summed E-state index contributed by atoms with van der Waals surface area (Å²) in [5, 5.41) is 11.9. The average molecular weight is 619 g/mol. The van der Waals surface area contributed by atoms with E-state index in [1.165, 1.54) is 6.92 Å². The first-order valence-electron chi connectivity index (χ1n) is 10.7. The number of nitrogens with one attached hydrogen (secondary N) is 2. The highest BCUT2D eigenvalue weighted by Gasteiger charge is 2.41. The van der Waals surface area contributed by atoms with Crippen molar-refractivity contribution in [1.29, 1.82) is 5.26 Å². The Morgan fingerprint density at radius 1 is 1.03 bits per heavy atom. The van der Waals surface area contributed by atoms with Crippen LogP contribution >= 0.6 is 34.8 Å². The molecule has 2 atom stereocenters. The van der Waals surface area contributed by atoms with E-state index in [0.717, 1.165) is 12.1 Å². The van der Waals surface area contributed by atoms with Crippen molar-refractivity contribution >= 4 is 52.4 Å². The molecule has 0 aliphatic carbocycles. The van der Waals surface area contributed by atoms with Gasteiger partial charge in [-0.1, -0.05) is 40.9 Å². The molecule has 2 rings (SSSR count). The van der Waals surface area contributed by atoms with Gasteiger partial charge in [-0.3, -0.25) is 9.59 Å². The first-order chi connectivity index (χ1) is 17.9. The van der Waals surface area contributed by atoms with E-state index in [2.05, 4.69) is 10.6 Å². The van der Waals surface area contributed by atoms with Gasteiger partial charge in [0.25, 0.3) is 5.91 Å². The lowest BCUT2D eigenvalue weighted by Crippen LogP contribution is -2.46. The molecule has 0 heterocycles. The molecule has 2 aromatic rings. The van der Waals surface area contributed by atoms with Crippen molar-refractivity contribution in [1.82, 2.24) is 10.6 Å². The summed E-state index contributed by atoms with van der Waals surface area (Å²) in [5.41, 5.74) is -4.11. The number of nitrogens with zero attached hydrogens (tertiary/aromatic N) is 1. The van der Waals surface area contributed by atoms with Crippen LogP contribution in [0.5, 0.6) is 0 Å². The molecule has 0 aromatic heterocycles. The third-order valence-electron chi connectivity index (χ3n) is 5.07. The maximum atomic E-state index is 15.0. The minimum Gasteiger partial charge on any atom is -0.336 e. The average Bonchev–Trinajstić information content (AvgIpc) is 2.82. The molecular weight excluding hydrogens is 602 g/mol. The Kier molecular flexibility index (Phi) is 10.6. The topological polar surface area (TPSA) is 82.0 Å². The highest BCUT2D eigenvalue weighted by molar-refractivity contribution is 6.48. The Bertz CT molecular complexity index is 1300. The van der Waals surface area contributed by atoms with Gasteiger partial charge in [0.15, 0.2) is 0 Å². The Hall–Kier alpha value is -3.01. The maximum Gasteiger partial charge on any atom is 0.417 e. The summed E-state index contributed by atoms with van der Waals surface area (Å²) >= 11 is 17.3. The number of rotatable bonds is 8. The van der Waals surface area contributed by atoms with Crippen molar-refractivity contribution in [2.75, 3.05) is 0 Å². The highest BCUT2D eigenvalue weighted by Crippen LogP contribution is 2.42. The molecule has 2 N–H and O–H groups in total. The smallest absolute Gasteiger partial charge is 0.336 e. The molecule has 0 spiro atoms. The number of alkyl halides is 6. The van der Waals surface area contributed by atoms with Crippen LogP contribution in [-0.2, 0) is 11.0 Å². The Labute approximate surface area is 232 Å². The van der Waals surface area contributed by atoms with E-state index >= 15 is 0 Å². The fourth-order valence-electron chi connectivity index (χ4n) is 3.30. The number of carbonyl (C=O) groups is 2. The van der Waals surface area contributed by atoms with E-state index < -0.39 is 64.3 Å². The fraction of sp³-hybridized carbons (Fsp3) is 0.292. The molecule has 0 bridgehead atoms. The lowest BCUT2D eigenvalue weighted by Gasteiger charge is -2.20. The van der Waals surface area contributed by atoms with E-state index in [4.69, 9.17) is 40.1 Å². The van der Waals surface area contributed by atoms with Gasteiger partial charge in [-0.25, -0.2) is 4.39 Å². The van der Waals surface area contributed by atoms with Gasteiger partial charge in [-0.15, -0.1) is 0 Å². The molecule has 0 radical (unpaired) electrons. The number of carbonyl (C=O) groups excluding carboxylic acids is 2. The first kappa shape index (κ1) is 32.2. The lowest BCUT2D eigenvalue weighted by molar-refractivity contribution is -0.140. The van der Waals surface area contributed by atoms with Gasteiger partial charge < -0.3 is 10.6 Å². The van der Waals surface area contributed by atoms with Gasteiger partial charge >= 0.3 is 12.4 Å². The number of hydrogen-bond donors (Lipinski definition) is 2. The van der Waals surface area contributed by atoms with Crippen LogP contribution in [-0.4, -0.2) is 24.2 Å². The van der Waals surface area contributed by atoms with Crippen LogP contribution < -0.4 is 10.6 Å². The fourth-order valence-corrected chi connectivity index (χ4v) is 3.91. The SMILES string of the molecule is CC(NC(=O)CCC#N)NC(=O)c1ccc(/C(F)=C/C(c2cc(Cl)c(Cl)c(Cl)c2)C(F)(F)F)cc1C(F)(F)F. The van der Waals surface area contributed by atoms with Crippen LogP contribution in [0.3, 0.4) is 0 Å². The number of benzene rings is 2. The van der Waals surface area contributed by atoms with Gasteiger partial charge in [-0.05, 0) is 42.8 Å². The molecule has 39 heavy (non-hydrogen) atoms. The number of allylic oxidation sites excluding steroid dienone is 1. The minimum atomic E-state index is -5.21. The summed E-state index contributed by atoms with van der Waals surface area (Å²) in [7, 11) is 0. The van der Waals surface area contributed by atoms with Crippen molar-refractivity contribution in [3.05, 3.63) is 73.7 Å². The summed E-state index contributed by atoms with van der Waals surface area (Å²) in [6, 6.07) is 4.79. The quantitative estimate of drug-likeness (QED) is 0.180. The van der Waals surface area contributed by atoms with Gasteiger partial charge in [-0.2, -0.15) is 31.6 Å². The molecule has 0 aliphatic heterocycles. The number of halogens is 10. The predicted octanol–water partition coefficient (Wildman–Crippen LogP) is 7.82. The maximum absolute atomic E-state index is 15.0. The van der Waals surface area contributed by atoms with Crippen molar-refractivity contribution in [3.8, 4) is 6.07 Å². The molecule has 5 nitrogen and oxygen atoms in total. The Balaban J connectivity index is 2.45. The van der Waals surface area contributed by atoms with E-state index in [9.17, 15) is 40.3 Å². The van der Waals surface area contributed by atoms with Crippen LogP contribution in [0.1, 0.15) is 52.7 Å². The highest BCUT2D eigenvalue weighted by atomic mass is 35.5. The van der Waals surface area contributed by atoms with Gasteiger partial charge in [0.05, 0.1) is 38.4 Å². The minimum absolute atomic E-state index is 0.0456. The molecule has 0 saturated carbocycles. The third kappa shape index (κ3) is 8.74. The molecule has 0 aliphatic rings. The van der Waals surface area contributed by atoms with E-state index in [1.54, 1.807) is 6.07 Å². The molecule has 210 valence electrons. The zero-order chi connectivity index (χ0) is 29.7. The zero-order valence-electron chi connectivity index (χ0n) is 19.6. The standard InChI is InChI=1S/C24H17Cl3F7N3O2/c1-11(36-20(38)3-2-6-35)37-22(39)14-5-4-12(7-16(14)24(32,33)34)19(28)10-15(23(29,30)31)13-8-17(25)21(27)18(26)9-13/h4-5,7-11,15H,2-3H2,1H3,(H,36,38)(H,37,39)/b19-10-.